The second kappa shape index (κ2) is 6.09. The molecule has 1 aliphatic rings. The molecule has 0 unspecified atom stereocenters. The minimum atomic E-state index is 0.370. The van der Waals surface area contributed by atoms with Gasteiger partial charge in [-0.05, 0) is 11.6 Å². The SMILES string of the molecule is C=CCn1cc(CN2CCc3nc(N)ncc3C2)c2ccccc21. The Balaban J connectivity index is 1.61. The third kappa shape index (κ3) is 2.67. The van der Waals surface area contributed by atoms with E-state index in [0.717, 1.165) is 38.3 Å². The summed E-state index contributed by atoms with van der Waals surface area (Å²) in [5.74, 6) is 0.370. The number of para-hydroxylation sites is 1. The Morgan fingerprint density at radius 1 is 1.29 bits per heavy atom. The lowest BCUT2D eigenvalue weighted by molar-refractivity contribution is 0.243. The van der Waals surface area contributed by atoms with Gasteiger partial charge >= 0.3 is 0 Å². The molecule has 5 heteroatoms. The van der Waals surface area contributed by atoms with Crippen LogP contribution >= 0.6 is 0 Å². The molecule has 0 saturated carbocycles. The van der Waals surface area contributed by atoms with Gasteiger partial charge in [-0.1, -0.05) is 24.3 Å². The Labute approximate surface area is 141 Å². The van der Waals surface area contributed by atoms with Crippen LogP contribution in [0.2, 0.25) is 0 Å². The summed E-state index contributed by atoms with van der Waals surface area (Å²) in [6.45, 7) is 7.48. The van der Waals surface area contributed by atoms with Crippen LogP contribution in [0, 0.1) is 0 Å². The molecule has 0 spiro atoms. The number of nitrogen functional groups attached to an aromatic ring is 1. The summed E-state index contributed by atoms with van der Waals surface area (Å²) in [5.41, 5.74) is 10.6. The van der Waals surface area contributed by atoms with Gasteiger partial charge in [-0.3, -0.25) is 4.90 Å². The third-order valence-corrected chi connectivity index (χ3v) is 4.62. The van der Waals surface area contributed by atoms with Crippen LogP contribution in [0.3, 0.4) is 0 Å². The number of nitrogens with zero attached hydrogens (tertiary/aromatic N) is 4. The lowest BCUT2D eigenvalue weighted by Crippen LogP contribution is -2.31. The zero-order valence-corrected chi connectivity index (χ0v) is 13.7. The number of rotatable bonds is 4. The fraction of sp³-hybridized carbons (Fsp3) is 0.263. The summed E-state index contributed by atoms with van der Waals surface area (Å²) in [6, 6.07) is 8.56. The van der Waals surface area contributed by atoms with Crippen LogP contribution < -0.4 is 5.73 Å². The van der Waals surface area contributed by atoms with Gasteiger partial charge in [0.1, 0.15) is 0 Å². The highest BCUT2D eigenvalue weighted by molar-refractivity contribution is 5.84. The summed E-state index contributed by atoms with van der Waals surface area (Å²) >= 11 is 0. The maximum atomic E-state index is 5.69. The number of benzene rings is 1. The molecule has 0 saturated heterocycles. The van der Waals surface area contributed by atoms with Crippen molar-refractivity contribution in [3.05, 3.63) is 66.1 Å². The molecule has 0 aliphatic carbocycles. The van der Waals surface area contributed by atoms with Gasteiger partial charge in [0.05, 0.1) is 5.69 Å². The first-order valence-electron chi connectivity index (χ1n) is 8.25. The molecule has 0 bridgehead atoms. The van der Waals surface area contributed by atoms with Gasteiger partial charge in [-0.2, -0.15) is 0 Å². The molecule has 0 atom stereocenters. The molecule has 0 amide bonds. The van der Waals surface area contributed by atoms with Crippen molar-refractivity contribution in [2.24, 2.45) is 0 Å². The zero-order valence-electron chi connectivity index (χ0n) is 13.7. The highest BCUT2D eigenvalue weighted by Gasteiger charge is 2.19. The normalized spacial score (nSPS) is 14.7. The second-order valence-corrected chi connectivity index (χ2v) is 6.27. The lowest BCUT2D eigenvalue weighted by atomic mass is 10.1. The van der Waals surface area contributed by atoms with E-state index in [2.05, 4.69) is 56.5 Å². The monoisotopic (exact) mass is 319 g/mol. The molecular weight excluding hydrogens is 298 g/mol. The number of allylic oxidation sites excluding steroid dienone is 1. The van der Waals surface area contributed by atoms with Gasteiger partial charge in [0.2, 0.25) is 5.95 Å². The third-order valence-electron chi connectivity index (χ3n) is 4.62. The van der Waals surface area contributed by atoms with Crippen LogP contribution in [0.1, 0.15) is 16.8 Å². The molecular formula is C19H21N5. The number of hydrogen-bond acceptors (Lipinski definition) is 4. The van der Waals surface area contributed by atoms with E-state index in [1.807, 2.05) is 12.3 Å². The molecule has 2 N–H and O–H groups in total. The summed E-state index contributed by atoms with van der Waals surface area (Å²) in [6.07, 6.45) is 6.98. The maximum Gasteiger partial charge on any atom is 0.220 e. The average Bonchev–Trinajstić information content (AvgIpc) is 2.93. The van der Waals surface area contributed by atoms with Gasteiger partial charge in [0.15, 0.2) is 0 Å². The van der Waals surface area contributed by atoms with E-state index in [4.69, 9.17) is 5.73 Å². The minimum absolute atomic E-state index is 0.370. The van der Waals surface area contributed by atoms with Crippen molar-refractivity contribution in [2.45, 2.75) is 26.1 Å². The second-order valence-electron chi connectivity index (χ2n) is 6.27. The summed E-state index contributed by atoms with van der Waals surface area (Å²) < 4.78 is 2.26. The van der Waals surface area contributed by atoms with E-state index in [0.29, 0.717) is 5.95 Å². The van der Waals surface area contributed by atoms with Crippen molar-refractivity contribution in [1.29, 1.82) is 0 Å². The fourth-order valence-electron chi connectivity index (χ4n) is 3.50. The highest BCUT2D eigenvalue weighted by Crippen LogP contribution is 2.25. The average molecular weight is 319 g/mol. The predicted octanol–water partition coefficient (Wildman–Crippen LogP) is 2.76. The topological polar surface area (TPSA) is 60.0 Å². The van der Waals surface area contributed by atoms with Crippen molar-refractivity contribution < 1.29 is 0 Å². The van der Waals surface area contributed by atoms with Crippen LogP contribution in [0.4, 0.5) is 5.95 Å². The molecule has 1 aromatic carbocycles. The minimum Gasteiger partial charge on any atom is -0.368 e. The van der Waals surface area contributed by atoms with E-state index in [1.54, 1.807) is 0 Å². The number of fused-ring (bicyclic) bond motifs is 2. The highest BCUT2D eigenvalue weighted by atomic mass is 15.1. The van der Waals surface area contributed by atoms with Gasteiger partial charge in [-0.25, -0.2) is 9.97 Å². The Kier molecular flexibility index (Phi) is 3.78. The molecule has 3 heterocycles. The molecule has 1 aliphatic heterocycles. The van der Waals surface area contributed by atoms with Gasteiger partial charge in [0.25, 0.3) is 0 Å². The molecule has 122 valence electrons. The molecule has 2 aromatic heterocycles. The molecule has 4 rings (SSSR count). The van der Waals surface area contributed by atoms with Crippen LogP contribution in [0.25, 0.3) is 10.9 Å². The van der Waals surface area contributed by atoms with Gasteiger partial charge in [-0.15, -0.1) is 6.58 Å². The van der Waals surface area contributed by atoms with Crippen LogP contribution in [-0.2, 0) is 26.1 Å². The van der Waals surface area contributed by atoms with Gasteiger partial charge in [0, 0.05) is 61.5 Å². The van der Waals surface area contributed by atoms with E-state index < -0.39 is 0 Å². The van der Waals surface area contributed by atoms with E-state index >= 15 is 0 Å². The van der Waals surface area contributed by atoms with Crippen molar-refractivity contribution in [2.75, 3.05) is 12.3 Å². The Morgan fingerprint density at radius 3 is 3.04 bits per heavy atom. The largest absolute Gasteiger partial charge is 0.368 e. The zero-order chi connectivity index (χ0) is 16.5. The van der Waals surface area contributed by atoms with E-state index in [1.165, 1.54) is 22.0 Å². The Bertz CT molecular complexity index is 896. The van der Waals surface area contributed by atoms with Crippen LogP contribution in [0.15, 0.2) is 49.3 Å². The number of nitrogens with two attached hydrogens (primary N) is 1. The van der Waals surface area contributed by atoms with Crippen molar-refractivity contribution in [3.63, 3.8) is 0 Å². The van der Waals surface area contributed by atoms with E-state index in [9.17, 15) is 0 Å². The molecule has 0 radical (unpaired) electrons. The first-order chi connectivity index (χ1) is 11.7. The summed E-state index contributed by atoms with van der Waals surface area (Å²) in [4.78, 5) is 10.9. The van der Waals surface area contributed by atoms with Crippen molar-refractivity contribution >= 4 is 16.9 Å². The lowest BCUT2D eigenvalue weighted by Gasteiger charge is -2.27. The quantitative estimate of drug-likeness (QED) is 0.751. The molecule has 0 fully saturated rings. The number of hydrogen-bond donors (Lipinski definition) is 1. The van der Waals surface area contributed by atoms with E-state index in [-0.39, 0.29) is 0 Å². The Hall–Kier alpha value is -2.66. The summed E-state index contributed by atoms with van der Waals surface area (Å²) in [7, 11) is 0. The van der Waals surface area contributed by atoms with Crippen molar-refractivity contribution in [1.82, 2.24) is 19.4 Å². The number of aromatic nitrogens is 3. The smallest absolute Gasteiger partial charge is 0.220 e. The summed E-state index contributed by atoms with van der Waals surface area (Å²) in [5, 5.41) is 1.32. The molecule has 5 nitrogen and oxygen atoms in total. The van der Waals surface area contributed by atoms with Crippen molar-refractivity contribution in [3.8, 4) is 0 Å². The molecule has 24 heavy (non-hydrogen) atoms. The fourth-order valence-corrected chi connectivity index (χ4v) is 3.50. The van der Waals surface area contributed by atoms with Gasteiger partial charge < -0.3 is 10.3 Å². The van der Waals surface area contributed by atoms with Crippen LogP contribution in [0.5, 0.6) is 0 Å². The first kappa shape index (κ1) is 14.9. The Morgan fingerprint density at radius 2 is 2.17 bits per heavy atom. The first-order valence-corrected chi connectivity index (χ1v) is 8.25. The number of anilines is 1. The van der Waals surface area contributed by atoms with Crippen LogP contribution in [-0.4, -0.2) is 26.0 Å². The maximum absolute atomic E-state index is 5.69. The molecule has 3 aromatic rings. The predicted molar refractivity (Wildman–Crippen MR) is 96.4 cm³/mol. The standard InChI is InChI=1S/C19H21N5/c1-2-8-24-13-15(16-5-3-4-6-18(16)24)12-23-9-7-17-14(11-23)10-21-19(20)22-17/h2-6,10,13H,1,7-9,11-12H2,(H2,20,21,22).